The lowest BCUT2D eigenvalue weighted by Gasteiger charge is -2.20. The molecule has 1 aliphatic heterocycles. The van der Waals surface area contributed by atoms with Crippen molar-refractivity contribution < 1.29 is 0 Å². The van der Waals surface area contributed by atoms with Gasteiger partial charge in [0.1, 0.15) is 5.84 Å². The van der Waals surface area contributed by atoms with Gasteiger partial charge in [-0.25, -0.2) is 4.99 Å². The molecule has 0 atom stereocenters. The van der Waals surface area contributed by atoms with Crippen LogP contribution < -0.4 is 5.32 Å². The van der Waals surface area contributed by atoms with Crippen LogP contribution in [-0.2, 0) is 0 Å². The molecule has 0 radical (unpaired) electrons. The molecular formula is C25H16N2. The summed E-state index contributed by atoms with van der Waals surface area (Å²) in [5, 5.41) is 11.0. The number of nitrogens with zero attached hydrogens (tertiary/aromatic N) is 1. The van der Waals surface area contributed by atoms with E-state index in [1.807, 2.05) is 0 Å². The predicted octanol–water partition coefficient (Wildman–Crippen LogP) is 6.65. The third kappa shape index (κ3) is 2.10. The van der Waals surface area contributed by atoms with Crippen LogP contribution in [0.1, 0.15) is 5.56 Å². The fourth-order valence-electron chi connectivity index (χ4n) is 4.17. The van der Waals surface area contributed by atoms with E-state index in [1.54, 1.807) is 0 Å². The first-order chi connectivity index (χ1) is 13.4. The second kappa shape index (κ2) is 5.42. The van der Waals surface area contributed by atoms with Crippen LogP contribution in [0.3, 0.4) is 0 Å². The highest BCUT2D eigenvalue weighted by molar-refractivity contribution is 6.25. The molecule has 126 valence electrons. The van der Waals surface area contributed by atoms with Crippen molar-refractivity contribution in [2.24, 2.45) is 4.99 Å². The summed E-state index contributed by atoms with van der Waals surface area (Å²) in [6.07, 6.45) is 0. The first-order valence-corrected chi connectivity index (χ1v) is 9.17. The number of aliphatic imine (C=N–C) groups is 1. The van der Waals surface area contributed by atoms with Gasteiger partial charge in [-0.15, -0.1) is 0 Å². The summed E-state index contributed by atoms with van der Waals surface area (Å²) in [6, 6.07) is 32.0. The molecule has 2 heteroatoms. The van der Waals surface area contributed by atoms with E-state index in [2.05, 4.69) is 96.3 Å². The smallest absolute Gasteiger partial charge is 0.139 e. The van der Waals surface area contributed by atoms with Crippen LogP contribution in [0.25, 0.3) is 32.3 Å². The highest BCUT2D eigenvalue weighted by Gasteiger charge is 2.18. The average molecular weight is 344 g/mol. The van der Waals surface area contributed by atoms with Crippen molar-refractivity contribution in [2.45, 2.75) is 0 Å². The lowest BCUT2D eigenvalue weighted by Crippen LogP contribution is -2.16. The molecule has 0 unspecified atom stereocenters. The van der Waals surface area contributed by atoms with Gasteiger partial charge in [-0.2, -0.15) is 0 Å². The summed E-state index contributed by atoms with van der Waals surface area (Å²) in [6.45, 7) is 0. The lowest BCUT2D eigenvalue weighted by molar-refractivity contribution is 1.48. The maximum Gasteiger partial charge on any atom is 0.139 e. The van der Waals surface area contributed by atoms with Gasteiger partial charge in [0, 0.05) is 16.6 Å². The number of hydrogen-bond acceptors (Lipinski definition) is 2. The summed E-state index contributed by atoms with van der Waals surface area (Å²) in [4.78, 5) is 5.00. The largest absolute Gasteiger partial charge is 0.339 e. The number of hydrogen-bond donors (Lipinski definition) is 1. The van der Waals surface area contributed by atoms with E-state index >= 15 is 0 Å². The van der Waals surface area contributed by atoms with Crippen molar-refractivity contribution in [3.8, 4) is 0 Å². The van der Waals surface area contributed by atoms with Crippen LogP contribution in [0.15, 0.2) is 96.0 Å². The Balaban J connectivity index is 1.68. The van der Waals surface area contributed by atoms with Gasteiger partial charge < -0.3 is 5.32 Å². The zero-order valence-electron chi connectivity index (χ0n) is 14.6. The van der Waals surface area contributed by atoms with E-state index in [0.29, 0.717) is 0 Å². The molecule has 6 rings (SSSR count). The Kier molecular flexibility index (Phi) is 2.91. The van der Waals surface area contributed by atoms with Crippen molar-refractivity contribution in [1.82, 2.24) is 0 Å². The minimum Gasteiger partial charge on any atom is -0.339 e. The number of amidine groups is 1. The van der Waals surface area contributed by atoms with E-state index in [-0.39, 0.29) is 0 Å². The van der Waals surface area contributed by atoms with Gasteiger partial charge in [-0.1, -0.05) is 72.8 Å². The molecule has 0 aromatic heterocycles. The monoisotopic (exact) mass is 344 g/mol. The SMILES string of the molecule is c1cc2c3c(cccc3c1)NC(c1cc3ccccc3c3ccccc13)=N2. The van der Waals surface area contributed by atoms with Crippen LogP contribution >= 0.6 is 0 Å². The van der Waals surface area contributed by atoms with Crippen LogP contribution in [0, 0.1) is 0 Å². The summed E-state index contributed by atoms with van der Waals surface area (Å²) >= 11 is 0. The third-order valence-electron chi connectivity index (χ3n) is 5.39. The summed E-state index contributed by atoms with van der Waals surface area (Å²) < 4.78 is 0. The number of nitrogens with one attached hydrogen (secondary N) is 1. The quantitative estimate of drug-likeness (QED) is 0.338. The van der Waals surface area contributed by atoms with E-state index < -0.39 is 0 Å². The van der Waals surface area contributed by atoms with Gasteiger partial charge in [0.15, 0.2) is 0 Å². The zero-order chi connectivity index (χ0) is 17.8. The standard InChI is InChI=1S/C25H16N2/c1-2-10-18-17(7-1)15-21(20-12-4-3-11-19(18)20)25-26-22-13-5-8-16-9-6-14-23(27-25)24(16)22/h1-15H,(H,26,27). The molecule has 0 amide bonds. The van der Waals surface area contributed by atoms with E-state index in [1.165, 1.54) is 32.3 Å². The Bertz CT molecular complexity index is 1390. The second-order valence-corrected chi connectivity index (χ2v) is 6.96. The highest BCUT2D eigenvalue weighted by atomic mass is 15.0. The molecule has 1 aliphatic rings. The molecule has 0 fully saturated rings. The Morgan fingerprint density at radius 1 is 0.593 bits per heavy atom. The molecule has 0 saturated heterocycles. The molecule has 0 aliphatic carbocycles. The van der Waals surface area contributed by atoms with Crippen LogP contribution in [-0.4, -0.2) is 5.84 Å². The summed E-state index contributed by atoms with van der Waals surface area (Å²) in [5.41, 5.74) is 3.27. The maximum atomic E-state index is 5.00. The topological polar surface area (TPSA) is 24.4 Å². The first kappa shape index (κ1) is 14.5. The average Bonchev–Trinajstić information content (AvgIpc) is 2.73. The molecule has 1 N–H and O–H groups in total. The number of anilines is 1. The van der Waals surface area contributed by atoms with Crippen molar-refractivity contribution >= 4 is 49.5 Å². The highest BCUT2D eigenvalue weighted by Crippen LogP contribution is 2.38. The molecule has 2 nitrogen and oxygen atoms in total. The van der Waals surface area contributed by atoms with E-state index in [9.17, 15) is 0 Å². The Labute approximate surface area is 156 Å². The lowest BCUT2D eigenvalue weighted by atomic mass is 9.96. The van der Waals surface area contributed by atoms with Crippen molar-refractivity contribution in [3.63, 3.8) is 0 Å². The Morgan fingerprint density at radius 2 is 1.30 bits per heavy atom. The Morgan fingerprint density at radius 3 is 2.19 bits per heavy atom. The van der Waals surface area contributed by atoms with E-state index in [4.69, 9.17) is 4.99 Å². The number of benzene rings is 5. The molecule has 0 bridgehead atoms. The molecule has 5 aromatic rings. The van der Waals surface area contributed by atoms with Gasteiger partial charge in [-0.3, -0.25) is 0 Å². The Hall–Kier alpha value is -3.65. The molecule has 5 aromatic carbocycles. The zero-order valence-corrected chi connectivity index (χ0v) is 14.6. The first-order valence-electron chi connectivity index (χ1n) is 9.17. The third-order valence-corrected chi connectivity index (χ3v) is 5.39. The molecular weight excluding hydrogens is 328 g/mol. The van der Waals surface area contributed by atoms with Gasteiger partial charge >= 0.3 is 0 Å². The normalized spacial score (nSPS) is 13.0. The molecule has 0 spiro atoms. The van der Waals surface area contributed by atoms with Gasteiger partial charge in [-0.05, 0) is 45.1 Å². The number of fused-ring (bicyclic) bond motifs is 3. The van der Waals surface area contributed by atoms with Crippen molar-refractivity contribution in [3.05, 3.63) is 96.6 Å². The second-order valence-electron chi connectivity index (χ2n) is 6.96. The molecule has 1 heterocycles. The summed E-state index contributed by atoms with van der Waals surface area (Å²) in [5.74, 6) is 0.906. The van der Waals surface area contributed by atoms with Gasteiger partial charge in [0.25, 0.3) is 0 Å². The maximum absolute atomic E-state index is 5.00. The predicted molar refractivity (Wildman–Crippen MR) is 115 cm³/mol. The molecule has 0 saturated carbocycles. The number of rotatable bonds is 1. The molecule has 27 heavy (non-hydrogen) atoms. The van der Waals surface area contributed by atoms with Gasteiger partial charge in [0.2, 0.25) is 0 Å². The van der Waals surface area contributed by atoms with Crippen LogP contribution in [0.2, 0.25) is 0 Å². The van der Waals surface area contributed by atoms with Crippen molar-refractivity contribution in [2.75, 3.05) is 5.32 Å². The summed E-state index contributed by atoms with van der Waals surface area (Å²) in [7, 11) is 0. The van der Waals surface area contributed by atoms with Gasteiger partial charge in [0.05, 0.1) is 5.69 Å². The fourth-order valence-corrected chi connectivity index (χ4v) is 4.17. The minimum absolute atomic E-state index is 0.906. The van der Waals surface area contributed by atoms with Crippen LogP contribution in [0.4, 0.5) is 11.4 Å². The van der Waals surface area contributed by atoms with Crippen molar-refractivity contribution in [1.29, 1.82) is 0 Å². The van der Waals surface area contributed by atoms with Crippen LogP contribution in [0.5, 0.6) is 0 Å². The fraction of sp³-hybridized carbons (Fsp3) is 0. The van der Waals surface area contributed by atoms with E-state index in [0.717, 1.165) is 22.8 Å². The minimum atomic E-state index is 0.906.